The molecule has 0 spiro atoms. The summed E-state index contributed by atoms with van der Waals surface area (Å²) in [6.45, 7) is 2.46. The van der Waals surface area contributed by atoms with Crippen LogP contribution < -0.4 is 5.32 Å². The normalized spacial score (nSPS) is 18.7. The van der Waals surface area contributed by atoms with E-state index in [2.05, 4.69) is 10.4 Å². The first-order valence-corrected chi connectivity index (χ1v) is 8.98. The summed E-state index contributed by atoms with van der Waals surface area (Å²) in [7, 11) is 1.94. The van der Waals surface area contributed by atoms with Crippen LogP contribution in [0.1, 0.15) is 34.6 Å². The van der Waals surface area contributed by atoms with Crippen LogP contribution in [0.3, 0.4) is 0 Å². The molecular formula is C19H24ClFN4O. The van der Waals surface area contributed by atoms with E-state index in [0.29, 0.717) is 17.3 Å². The second-order valence-corrected chi connectivity index (χ2v) is 6.95. The quantitative estimate of drug-likeness (QED) is 0.889. The molecule has 0 saturated carbocycles. The molecule has 1 amide bonds. The minimum atomic E-state index is -0.311. The van der Waals surface area contributed by atoms with Crippen LogP contribution in [0, 0.1) is 11.7 Å². The molecule has 2 aliphatic rings. The van der Waals surface area contributed by atoms with Crippen molar-refractivity contribution >= 4 is 18.3 Å². The number of likely N-dealkylation sites (tertiary alicyclic amines) is 1. The number of hydrogen-bond acceptors (Lipinski definition) is 3. The molecule has 1 aliphatic heterocycles. The number of carbonyl (C=O) groups excluding carboxylic acids is 1. The number of aromatic nitrogens is 2. The number of benzene rings is 1. The maximum Gasteiger partial charge on any atom is 0.274 e. The van der Waals surface area contributed by atoms with E-state index in [1.807, 2.05) is 11.9 Å². The number of amides is 1. The van der Waals surface area contributed by atoms with Crippen molar-refractivity contribution in [2.45, 2.75) is 25.7 Å². The number of halogens is 2. The van der Waals surface area contributed by atoms with Gasteiger partial charge in [-0.05, 0) is 57.3 Å². The van der Waals surface area contributed by atoms with Crippen LogP contribution in [0.25, 0.3) is 5.69 Å². The Morgan fingerprint density at radius 2 is 2.15 bits per heavy atom. The zero-order valence-electron chi connectivity index (χ0n) is 14.9. The van der Waals surface area contributed by atoms with Gasteiger partial charge in [0.25, 0.3) is 5.91 Å². The molecule has 0 radical (unpaired) electrons. The molecule has 1 unspecified atom stereocenters. The third-order valence-electron chi connectivity index (χ3n) is 5.28. The van der Waals surface area contributed by atoms with Crippen LogP contribution in [0.15, 0.2) is 24.3 Å². The van der Waals surface area contributed by atoms with Crippen LogP contribution in [-0.4, -0.2) is 47.3 Å². The Kier molecular flexibility index (Phi) is 5.63. The van der Waals surface area contributed by atoms with Crippen molar-refractivity contribution < 1.29 is 9.18 Å². The lowest BCUT2D eigenvalue weighted by atomic mass is 10.1. The largest absolute Gasteiger partial charge is 0.337 e. The van der Waals surface area contributed by atoms with Crippen molar-refractivity contribution in [2.24, 2.45) is 5.92 Å². The minimum absolute atomic E-state index is 0. The van der Waals surface area contributed by atoms with Crippen molar-refractivity contribution in [2.75, 3.05) is 26.7 Å². The van der Waals surface area contributed by atoms with Gasteiger partial charge in [0.1, 0.15) is 11.5 Å². The number of hydrogen-bond donors (Lipinski definition) is 1. The lowest BCUT2D eigenvalue weighted by Crippen LogP contribution is -2.31. The summed E-state index contributed by atoms with van der Waals surface area (Å²) < 4.78 is 15.9. The Labute approximate surface area is 159 Å². The predicted molar refractivity (Wildman–Crippen MR) is 101 cm³/mol. The summed E-state index contributed by atoms with van der Waals surface area (Å²) in [6.07, 6.45) is 3.69. The molecule has 140 valence electrons. The smallest absolute Gasteiger partial charge is 0.274 e. The number of nitrogens with zero attached hydrogens (tertiary/aromatic N) is 3. The van der Waals surface area contributed by atoms with Gasteiger partial charge in [-0.1, -0.05) is 12.1 Å². The Bertz CT molecular complexity index is 807. The summed E-state index contributed by atoms with van der Waals surface area (Å²) in [5, 5.41) is 7.73. The van der Waals surface area contributed by atoms with E-state index in [0.717, 1.165) is 56.6 Å². The number of nitrogens with one attached hydrogen (secondary N) is 1. The Balaban J connectivity index is 0.00000196. The molecule has 1 fully saturated rings. The molecule has 1 aliphatic carbocycles. The Hall–Kier alpha value is -1.92. The molecule has 5 nitrogen and oxygen atoms in total. The molecule has 2 aromatic rings. The van der Waals surface area contributed by atoms with Crippen LogP contribution in [-0.2, 0) is 12.8 Å². The molecule has 1 aromatic heterocycles. The van der Waals surface area contributed by atoms with E-state index >= 15 is 0 Å². The van der Waals surface area contributed by atoms with E-state index in [9.17, 15) is 9.18 Å². The maximum atomic E-state index is 14.2. The predicted octanol–water partition coefficient (Wildman–Crippen LogP) is 2.60. The zero-order chi connectivity index (χ0) is 17.4. The SMILES string of the molecule is CNCC1CCN(C(=O)c2nn(-c3ccccc3F)c3c2CCC3)C1.Cl. The van der Waals surface area contributed by atoms with E-state index in [1.54, 1.807) is 22.9 Å². The summed E-state index contributed by atoms with van der Waals surface area (Å²) >= 11 is 0. The van der Waals surface area contributed by atoms with Gasteiger partial charge in [-0.2, -0.15) is 5.10 Å². The van der Waals surface area contributed by atoms with E-state index < -0.39 is 0 Å². The third kappa shape index (κ3) is 3.23. The molecule has 1 N–H and O–H groups in total. The first-order valence-electron chi connectivity index (χ1n) is 8.98. The second-order valence-electron chi connectivity index (χ2n) is 6.95. The molecule has 2 heterocycles. The highest BCUT2D eigenvalue weighted by atomic mass is 35.5. The van der Waals surface area contributed by atoms with Crippen molar-refractivity contribution in [3.63, 3.8) is 0 Å². The Morgan fingerprint density at radius 3 is 2.92 bits per heavy atom. The van der Waals surface area contributed by atoms with Gasteiger partial charge in [0.15, 0.2) is 5.69 Å². The average molecular weight is 379 g/mol. The first kappa shape index (κ1) is 18.9. The lowest BCUT2D eigenvalue weighted by Gasteiger charge is -2.16. The third-order valence-corrected chi connectivity index (χ3v) is 5.28. The summed E-state index contributed by atoms with van der Waals surface area (Å²) in [5.41, 5.74) is 2.93. The highest BCUT2D eigenvalue weighted by molar-refractivity contribution is 5.94. The summed E-state index contributed by atoms with van der Waals surface area (Å²) in [4.78, 5) is 14.9. The average Bonchev–Trinajstić information content (AvgIpc) is 3.31. The number of para-hydroxylation sites is 1. The van der Waals surface area contributed by atoms with Gasteiger partial charge < -0.3 is 10.2 Å². The van der Waals surface area contributed by atoms with Gasteiger partial charge in [-0.15, -0.1) is 12.4 Å². The molecule has 4 rings (SSSR count). The fourth-order valence-corrected chi connectivity index (χ4v) is 4.05. The minimum Gasteiger partial charge on any atom is -0.337 e. The topological polar surface area (TPSA) is 50.2 Å². The number of fused-ring (bicyclic) bond motifs is 1. The van der Waals surface area contributed by atoms with Gasteiger partial charge >= 0.3 is 0 Å². The highest BCUT2D eigenvalue weighted by Gasteiger charge is 2.33. The number of carbonyl (C=O) groups is 1. The first-order chi connectivity index (χ1) is 12.2. The fraction of sp³-hybridized carbons (Fsp3) is 0.474. The molecule has 1 atom stereocenters. The molecular weight excluding hydrogens is 355 g/mol. The van der Waals surface area contributed by atoms with Gasteiger partial charge in [-0.3, -0.25) is 4.79 Å². The highest BCUT2D eigenvalue weighted by Crippen LogP contribution is 2.30. The van der Waals surface area contributed by atoms with Crippen LogP contribution in [0.2, 0.25) is 0 Å². The van der Waals surface area contributed by atoms with Crippen LogP contribution in [0.5, 0.6) is 0 Å². The summed E-state index contributed by atoms with van der Waals surface area (Å²) in [6, 6.07) is 6.61. The van der Waals surface area contributed by atoms with Gasteiger partial charge in [0.2, 0.25) is 0 Å². The van der Waals surface area contributed by atoms with E-state index in [4.69, 9.17) is 0 Å². The molecule has 7 heteroatoms. The van der Waals surface area contributed by atoms with Gasteiger partial charge in [0, 0.05) is 24.3 Å². The number of rotatable bonds is 4. The van der Waals surface area contributed by atoms with Gasteiger partial charge in [-0.25, -0.2) is 9.07 Å². The molecule has 0 bridgehead atoms. The molecule has 1 saturated heterocycles. The lowest BCUT2D eigenvalue weighted by molar-refractivity contribution is 0.0780. The Morgan fingerprint density at radius 1 is 1.35 bits per heavy atom. The van der Waals surface area contributed by atoms with Crippen molar-refractivity contribution in [3.05, 3.63) is 47.0 Å². The van der Waals surface area contributed by atoms with Crippen molar-refractivity contribution in [1.82, 2.24) is 20.0 Å². The van der Waals surface area contributed by atoms with E-state index in [1.165, 1.54) is 6.07 Å². The van der Waals surface area contributed by atoms with E-state index in [-0.39, 0.29) is 24.1 Å². The molecule has 26 heavy (non-hydrogen) atoms. The standard InChI is InChI=1S/C19H23FN4O.ClH/c1-21-11-13-9-10-23(12-13)19(25)18-14-5-4-8-16(14)24(22-18)17-7-3-2-6-15(17)20;/h2-3,6-7,13,21H,4-5,8-12H2,1H3;1H. The van der Waals surface area contributed by atoms with Crippen molar-refractivity contribution in [3.8, 4) is 5.69 Å². The maximum absolute atomic E-state index is 14.2. The van der Waals surface area contributed by atoms with Crippen molar-refractivity contribution in [1.29, 1.82) is 0 Å². The second kappa shape index (κ2) is 7.76. The summed E-state index contributed by atoms with van der Waals surface area (Å²) in [5.74, 6) is 0.177. The van der Waals surface area contributed by atoms with Crippen LogP contribution >= 0.6 is 12.4 Å². The monoisotopic (exact) mass is 378 g/mol. The molecule has 1 aromatic carbocycles. The van der Waals surface area contributed by atoms with Gasteiger partial charge in [0.05, 0.1) is 0 Å². The van der Waals surface area contributed by atoms with Crippen LogP contribution in [0.4, 0.5) is 4.39 Å². The fourth-order valence-electron chi connectivity index (χ4n) is 4.05. The zero-order valence-corrected chi connectivity index (χ0v) is 15.7.